The highest BCUT2D eigenvalue weighted by molar-refractivity contribution is 5.76. The Morgan fingerprint density at radius 1 is 1.37 bits per heavy atom. The van der Waals surface area contributed by atoms with E-state index in [4.69, 9.17) is 0 Å². The predicted octanol–water partition coefficient (Wildman–Crippen LogP) is 1.48. The van der Waals surface area contributed by atoms with Crippen LogP contribution in [0.15, 0.2) is 29.1 Å². The molecule has 3 rings (SSSR count). The largest absolute Gasteiger partial charge is 0.284 e. The quantitative estimate of drug-likeness (QED) is 0.818. The third-order valence-corrected chi connectivity index (χ3v) is 3.70. The molecular weight excluding hydrogens is 240 g/mol. The Hall–Kier alpha value is -1.75. The van der Waals surface area contributed by atoms with Crippen LogP contribution in [-0.2, 0) is 6.67 Å². The second-order valence-electron chi connectivity index (χ2n) is 5.38. The number of hydrogen-bond donors (Lipinski definition) is 0. The number of fused-ring (bicyclic) bond motifs is 1. The first-order chi connectivity index (χ1) is 9.24. The highest BCUT2D eigenvalue weighted by atomic mass is 16.1. The Morgan fingerprint density at radius 2 is 2.21 bits per heavy atom. The van der Waals surface area contributed by atoms with E-state index in [0.717, 1.165) is 13.1 Å². The van der Waals surface area contributed by atoms with Crippen molar-refractivity contribution in [1.29, 1.82) is 0 Å². The maximum atomic E-state index is 12.3. The fourth-order valence-corrected chi connectivity index (χ4v) is 2.72. The van der Waals surface area contributed by atoms with E-state index in [0.29, 0.717) is 23.5 Å². The first-order valence-electron chi connectivity index (χ1n) is 6.79. The highest BCUT2D eigenvalue weighted by Gasteiger charge is 2.17. The fourth-order valence-electron chi connectivity index (χ4n) is 2.72. The Morgan fingerprint density at radius 3 is 3.05 bits per heavy atom. The number of piperidine rings is 1. The average molecular weight is 258 g/mol. The predicted molar refractivity (Wildman–Crippen MR) is 73.8 cm³/mol. The molecule has 1 fully saturated rings. The molecule has 0 spiro atoms. The standard InChI is InChI=1S/C14H18N4O/c1-11-5-4-8-17(9-11)10-18-14(19)12-6-2-3-7-13(12)15-16-18/h2-3,6-7,11H,4-5,8-10H2,1H3/t11-/m0/s1. The van der Waals surface area contributed by atoms with E-state index in [1.54, 1.807) is 0 Å². The van der Waals surface area contributed by atoms with Crippen LogP contribution in [0.3, 0.4) is 0 Å². The maximum Gasteiger partial charge on any atom is 0.278 e. The molecule has 2 aromatic rings. The van der Waals surface area contributed by atoms with Gasteiger partial charge in [0.15, 0.2) is 0 Å². The van der Waals surface area contributed by atoms with Gasteiger partial charge in [0.25, 0.3) is 5.56 Å². The van der Waals surface area contributed by atoms with Gasteiger partial charge in [-0.15, -0.1) is 5.10 Å². The molecule has 1 aliphatic rings. The van der Waals surface area contributed by atoms with Crippen molar-refractivity contribution in [2.24, 2.45) is 5.92 Å². The topological polar surface area (TPSA) is 51.0 Å². The lowest BCUT2D eigenvalue weighted by Crippen LogP contribution is -2.39. The second kappa shape index (κ2) is 5.09. The Kier molecular flexibility index (Phi) is 3.29. The Labute approximate surface area is 111 Å². The summed E-state index contributed by atoms with van der Waals surface area (Å²) in [7, 11) is 0. The summed E-state index contributed by atoms with van der Waals surface area (Å²) < 4.78 is 1.47. The monoisotopic (exact) mass is 258 g/mol. The molecule has 100 valence electrons. The summed E-state index contributed by atoms with van der Waals surface area (Å²) in [5, 5.41) is 8.79. The molecule has 1 saturated heterocycles. The first-order valence-corrected chi connectivity index (χ1v) is 6.79. The molecule has 0 radical (unpaired) electrons. The zero-order valence-corrected chi connectivity index (χ0v) is 11.1. The molecule has 2 heterocycles. The summed E-state index contributed by atoms with van der Waals surface area (Å²) in [6.45, 7) is 4.86. The van der Waals surface area contributed by atoms with Crippen molar-refractivity contribution < 1.29 is 0 Å². The van der Waals surface area contributed by atoms with E-state index in [2.05, 4.69) is 22.1 Å². The van der Waals surface area contributed by atoms with Crippen LogP contribution in [0.4, 0.5) is 0 Å². The number of nitrogens with zero attached hydrogens (tertiary/aromatic N) is 4. The minimum absolute atomic E-state index is 0.0520. The number of benzene rings is 1. The van der Waals surface area contributed by atoms with Crippen molar-refractivity contribution in [1.82, 2.24) is 19.9 Å². The van der Waals surface area contributed by atoms with Gasteiger partial charge in [0, 0.05) is 6.54 Å². The second-order valence-corrected chi connectivity index (χ2v) is 5.38. The zero-order chi connectivity index (χ0) is 13.2. The molecule has 0 bridgehead atoms. The van der Waals surface area contributed by atoms with Gasteiger partial charge in [0.05, 0.1) is 12.1 Å². The molecular formula is C14H18N4O. The van der Waals surface area contributed by atoms with Crippen molar-refractivity contribution in [2.45, 2.75) is 26.4 Å². The summed E-state index contributed by atoms with van der Waals surface area (Å²) in [4.78, 5) is 14.6. The molecule has 0 unspecified atom stereocenters. The van der Waals surface area contributed by atoms with E-state index in [1.165, 1.54) is 17.5 Å². The van der Waals surface area contributed by atoms with E-state index in [-0.39, 0.29) is 5.56 Å². The van der Waals surface area contributed by atoms with E-state index >= 15 is 0 Å². The van der Waals surface area contributed by atoms with Gasteiger partial charge in [-0.05, 0) is 37.4 Å². The zero-order valence-electron chi connectivity index (χ0n) is 11.1. The van der Waals surface area contributed by atoms with Crippen LogP contribution in [0, 0.1) is 5.92 Å². The summed E-state index contributed by atoms with van der Waals surface area (Å²) in [6.07, 6.45) is 2.46. The molecule has 0 N–H and O–H groups in total. The van der Waals surface area contributed by atoms with Gasteiger partial charge in [-0.2, -0.15) is 4.68 Å². The van der Waals surface area contributed by atoms with Crippen LogP contribution < -0.4 is 5.56 Å². The van der Waals surface area contributed by atoms with Gasteiger partial charge in [-0.25, -0.2) is 0 Å². The lowest BCUT2D eigenvalue weighted by molar-refractivity contribution is 0.134. The maximum absolute atomic E-state index is 12.3. The van der Waals surface area contributed by atoms with Crippen molar-refractivity contribution in [3.8, 4) is 0 Å². The lowest BCUT2D eigenvalue weighted by atomic mass is 10.0. The molecule has 19 heavy (non-hydrogen) atoms. The molecule has 1 atom stereocenters. The first kappa shape index (κ1) is 12.3. The SMILES string of the molecule is C[C@H]1CCCN(Cn2nnc3ccccc3c2=O)C1. The third kappa shape index (κ3) is 2.51. The third-order valence-electron chi connectivity index (χ3n) is 3.70. The van der Waals surface area contributed by atoms with Crippen molar-refractivity contribution in [2.75, 3.05) is 13.1 Å². The van der Waals surface area contributed by atoms with E-state index in [9.17, 15) is 4.79 Å². The Bertz CT molecular complexity index is 637. The number of hydrogen-bond acceptors (Lipinski definition) is 4. The summed E-state index contributed by atoms with van der Waals surface area (Å²) in [6, 6.07) is 7.35. The fraction of sp³-hybridized carbons (Fsp3) is 0.500. The lowest BCUT2D eigenvalue weighted by Gasteiger charge is -2.30. The van der Waals surface area contributed by atoms with Crippen LogP contribution >= 0.6 is 0 Å². The van der Waals surface area contributed by atoms with Crippen molar-refractivity contribution in [3.05, 3.63) is 34.6 Å². The van der Waals surface area contributed by atoms with Gasteiger partial charge >= 0.3 is 0 Å². The number of likely N-dealkylation sites (tertiary alicyclic amines) is 1. The van der Waals surface area contributed by atoms with Crippen LogP contribution in [0.2, 0.25) is 0 Å². The molecule has 0 aliphatic carbocycles. The molecule has 5 heteroatoms. The molecule has 1 aromatic heterocycles. The summed E-state index contributed by atoms with van der Waals surface area (Å²) in [5.74, 6) is 0.692. The van der Waals surface area contributed by atoms with Gasteiger partial charge in [0.1, 0.15) is 5.52 Å². The number of aromatic nitrogens is 3. The number of rotatable bonds is 2. The van der Waals surface area contributed by atoms with E-state index < -0.39 is 0 Å². The highest BCUT2D eigenvalue weighted by Crippen LogP contribution is 2.15. The van der Waals surface area contributed by atoms with Crippen molar-refractivity contribution in [3.63, 3.8) is 0 Å². The molecule has 5 nitrogen and oxygen atoms in total. The van der Waals surface area contributed by atoms with Crippen LogP contribution in [0.5, 0.6) is 0 Å². The van der Waals surface area contributed by atoms with Gasteiger partial charge in [-0.1, -0.05) is 24.3 Å². The molecule has 0 amide bonds. The normalized spacial score (nSPS) is 20.8. The Balaban J connectivity index is 1.89. The van der Waals surface area contributed by atoms with Gasteiger partial charge < -0.3 is 0 Å². The minimum Gasteiger partial charge on any atom is -0.284 e. The smallest absolute Gasteiger partial charge is 0.278 e. The van der Waals surface area contributed by atoms with Gasteiger partial charge in [-0.3, -0.25) is 9.69 Å². The van der Waals surface area contributed by atoms with E-state index in [1.807, 2.05) is 24.3 Å². The molecule has 1 aromatic carbocycles. The molecule has 1 aliphatic heterocycles. The average Bonchev–Trinajstić information content (AvgIpc) is 2.42. The van der Waals surface area contributed by atoms with Crippen LogP contribution in [-0.4, -0.2) is 33.0 Å². The van der Waals surface area contributed by atoms with Crippen LogP contribution in [0.25, 0.3) is 10.9 Å². The minimum atomic E-state index is -0.0520. The summed E-state index contributed by atoms with van der Waals surface area (Å²) >= 11 is 0. The summed E-state index contributed by atoms with van der Waals surface area (Å²) in [5.41, 5.74) is 0.611. The van der Waals surface area contributed by atoms with Crippen LogP contribution in [0.1, 0.15) is 19.8 Å². The van der Waals surface area contributed by atoms with Crippen molar-refractivity contribution >= 4 is 10.9 Å². The van der Waals surface area contributed by atoms with Gasteiger partial charge in [0.2, 0.25) is 0 Å². The molecule has 0 saturated carbocycles.